The summed E-state index contributed by atoms with van der Waals surface area (Å²) < 4.78 is 0. The van der Waals surface area contributed by atoms with Crippen molar-refractivity contribution in [3.05, 3.63) is 64.7 Å². The second kappa shape index (κ2) is 7.76. The van der Waals surface area contributed by atoms with Crippen molar-refractivity contribution < 1.29 is 9.59 Å². The van der Waals surface area contributed by atoms with Crippen molar-refractivity contribution in [1.29, 1.82) is 0 Å². The highest BCUT2D eigenvalue weighted by molar-refractivity contribution is 6.09. The number of amides is 2. The van der Waals surface area contributed by atoms with Gasteiger partial charge >= 0.3 is 0 Å². The maximum absolute atomic E-state index is 12.9. The molecule has 2 amide bonds. The molecule has 1 fully saturated rings. The molecule has 5 heteroatoms. The first kappa shape index (κ1) is 18.7. The molecule has 1 saturated heterocycles. The van der Waals surface area contributed by atoms with E-state index in [1.54, 1.807) is 4.90 Å². The number of carbonyl (C=O) groups is 2. The second-order valence-corrected chi connectivity index (χ2v) is 7.88. The summed E-state index contributed by atoms with van der Waals surface area (Å²) in [7, 11) is 0. The fourth-order valence-electron chi connectivity index (χ4n) is 4.39. The molecule has 0 bridgehead atoms. The Bertz CT molecular complexity index is 888. The third kappa shape index (κ3) is 3.67. The molecule has 0 radical (unpaired) electrons. The van der Waals surface area contributed by atoms with Crippen LogP contribution in [-0.2, 0) is 16.0 Å². The Labute approximate surface area is 166 Å². The van der Waals surface area contributed by atoms with Crippen molar-refractivity contribution in [2.24, 2.45) is 5.92 Å². The standard InChI is InChI=1S/C23H27N3O2/c1-15-11-16(2)13-18(12-15)26-10-8-20(23(26)28)22(27)25-14-21-19-6-4-3-5-17(19)7-9-24-21/h3-6,11-13,20-21,24H,7-10,14H2,1-2H3,(H,25,27). The summed E-state index contributed by atoms with van der Waals surface area (Å²) >= 11 is 0. The molecule has 0 spiro atoms. The predicted molar refractivity (Wildman–Crippen MR) is 110 cm³/mol. The lowest BCUT2D eigenvalue weighted by Gasteiger charge is -2.27. The van der Waals surface area contributed by atoms with Crippen LogP contribution >= 0.6 is 0 Å². The highest BCUT2D eigenvalue weighted by atomic mass is 16.2. The number of nitrogens with zero attached hydrogens (tertiary/aromatic N) is 1. The average Bonchev–Trinajstić information content (AvgIpc) is 3.07. The van der Waals surface area contributed by atoms with Gasteiger partial charge in [0.05, 0.1) is 0 Å². The molecular formula is C23H27N3O2. The van der Waals surface area contributed by atoms with E-state index in [1.807, 2.05) is 32.0 Å². The molecule has 2 heterocycles. The topological polar surface area (TPSA) is 61.4 Å². The fraction of sp³-hybridized carbons (Fsp3) is 0.391. The molecule has 2 aliphatic rings. The monoisotopic (exact) mass is 377 g/mol. The van der Waals surface area contributed by atoms with Crippen LogP contribution in [0.1, 0.15) is 34.7 Å². The molecule has 5 nitrogen and oxygen atoms in total. The van der Waals surface area contributed by atoms with Gasteiger partial charge in [-0.3, -0.25) is 9.59 Å². The number of fused-ring (bicyclic) bond motifs is 1. The van der Waals surface area contributed by atoms with E-state index < -0.39 is 5.92 Å². The van der Waals surface area contributed by atoms with Crippen LogP contribution in [0.5, 0.6) is 0 Å². The van der Waals surface area contributed by atoms with Crippen molar-refractivity contribution >= 4 is 17.5 Å². The summed E-state index contributed by atoms with van der Waals surface area (Å²) in [6.45, 7) is 6.04. The Morgan fingerprint density at radius 2 is 1.93 bits per heavy atom. The van der Waals surface area contributed by atoms with Crippen molar-refractivity contribution in [2.45, 2.75) is 32.7 Å². The van der Waals surface area contributed by atoms with E-state index in [-0.39, 0.29) is 17.9 Å². The second-order valence-electron chi connectivity index (χ2n) is 7.88. The Hall–Kier alpha value is -2.66. The van der Waals surface area contributed by atoms with Crippen LogP contribution in [-0.4, -0.2) is 31.4 Å². The predicted octanol–water partition coefficient (Wildman–Crippen LogP) is 2.66. The molecule has 28 heavy (non-hydrogen) atoms. The largest absolute Gasteiger partial charge is 0.353 e. The Balaban J connectivity index is 1.40. The molecular weight excluding hydrogens is 350 g/mol. The molecule has 2 atom stereocenters. The molecule has 4 rings (SSSR count). The van der Waals surface area contributed by atoms with Crippen molar-refractivity contribution in [3.63, 3.8) is 0 Å². The molecule has 2 unspecified atom stereocenters. The molecule has 0 aromatic heterocycles. The highest BCUT2D eigenvalue weighted by Gasteiger charge is 2.38. The first-order chi connectivity index (χ1) is 13.5. The number of carbonyl (C=O) groups excluding carboxylic acids is 2. The first-order valence-electron chi connectivity index (χ1n) is 10.0. The van der Waals surface area contributed by atoms with Crippen molar-refractivity contribution in [1.82, 2.24) is 10.6 Å². The summed E-state index contributed by atoms with van der Waals surface area (Å²) in [6.07, 6.45) is 1.57. The third-order valence-corrected chi connectivity index (χ3v) is 5.74. The summed E-state index contributed by atoms with van der Waals surface area (Å²) in [5.74, 6) is -0.860. The lowest BCUT2D eigenvalue weighted by Crippen LogP contribution is -2.42. The zero-order valence-corrected chi connectivity index (χ0v) is 16.5. The lowest BCUT2D eigenvalue weighted by atomic mass is 9.94. The van der Waals surface area contributed by atoms with Crippen LogP contribution in [0.15, 0.2) is 42.5 Å². The van der Waals surface area contributed by atoms with E-state index in [0.717, 1.165) is 29.8 Å². The molecule has 2 aromatic rings. The van der Waals surface area contributed by atoms with Gasteiger partial charge < -0.3 is 15.5 Å². The minimum absolute atomic E-state index is 0.0977. The van der Waals surface area contributed by atoms with E-state index in [0.29, 0.717) is 19.5 Å². The van der Waals surface area contributed by atoms with Gasteiger partial charge in [0.2, 0.25) is 11.8 Å². The molecule has 0 saturated carbocycles. The van der Waals surface area contributed by atoms with Gasteiger partial charge in [-0.2, -0.15) is 0 Å². The molecule has 0 aliphatic carbocycles. The molecule has 2 N–H and O–H groups in total. The normalized spacial score (nSPS) is 21.5. The number of benzene rings is 2. The summed E-state index contributed by atoms with van der Waals surface area (Å²) in [6, 6.07) is 14.5. The minimum atomic E-state index is -0.598. The Kier molecular flexibility index (Phi) is 5.18. The van der Waals surface area contributed by atoms with Gasteiger partial charge in [-0.15, -0.1) is 0 Å². The number of hydrogen-bond donors (Lipinski definition) is 2. The average molecular weight is 377 g/mol. The van der Waals surface area contributed by atoms with E-state index in [1.165, 1.54) is 11.1 Å². The number of anilines is 1. The molecule has 2 aromatic carbocycles. The van der Waals surface area contributed by atoms with Gasteiger partial charge in [-0.25, -0.2) is 0 Å². The third-order valence-electron chi connectivity index (χ3n) is 5.74. The van der Waals surface area contributed by atoms with Crippen LogP contribution in [0.25, 0.3) is 0 Å². The maximum atomic E-state index is 12.9. The van der Waals surface area contributed by atoms with Crippen molar-refractivity contribution in [2.75, 3.05) is 24.5 Å². The zero-order valence-electron chi connectivity index (χ0n) is 16.5. The van der Waals surface area contributed by atoms with Crippen molar-refractivity contribution in [3.8, 4) is 0 Å². The lowest BCUT2D eigenvalue weighted by molar-refractivity contribution is -0.132. The van der Waals surface area contributed by atoms with E-state index in [2.05, 4.69) is 34.9 Å². The number of aryl methyl sites for hydroxylation is 2. The zero-order chi connectivity index (χ0) is 19.7. The van der Waals surface area contributed by atoms with Gasteiger partial charge in [-0.05, 0) is 67.6 Å². The van der Waals surface area contributed by atoms with Crippen LogP contribution < -0.4 is 15.5 Å². The number of rotatable bonds is 4. The minimum Gasteiger partial charge on any atom is -0.353 e. The smallest absolute Gasteiger partial charge is 0.239 e. The summed E-state index contributed by atoms with van der Waals surface area (Å²) in [4.78, 5) is 27.4. The van der Waals surface area contributed by atoms with E-state index >= 15 is 0 Å². The number of hydrogen-bond acceptors (Lipinski definition) is 3. The molecule has 146 valence electrons. The SMILES string of the molecule is Cc1cc(C)cc(N2CCC(C(=O)NCC3NCCc4ccccc43)C2=O)c1. The fourth-order valence-corrected chi connectivity index (χ4v) is 4.39. The summed E-state index contributed by atoms with van der Waals surface area (Å²) in [5, 5.41) is 6.48. The van der Waals surface area contributed by atoms with Gasteiger partial charge in [0.25, 0.3) is 0 Å². The Morgan fingerprint density at radius 1 is 1.18 bits per heavy atom. The van der Waals surface area contributed by atoms with Gasteiger partial charge in [0, 0.05) is 24.8 Å². The number of nitrogens with one attached hydrogen (secondary N) is 2. The van der Waals surface area contributed by atoms with Crippen LogP contribution in [0.2, 0.25) is 0 Å². The highest BCUT2D eigenvalue weighted by Crippen LogP contribution is 2.27. The van der Waals surface area contributed by atoms with E-state index in [4.69, 9.17) is 0 Å². The maximum Gasteiger partial charge on any atom is 0.239 e. The van der Waals surface area contributed by atoms with Gasteiger partial charge in [0.1, 0.15) is 5.92 Å². The van der Waals surface area contributed by atoms with Crippen LogP contribution in [0, 0.1) is 19.8 Å². The quantitative estimate of drug-likeness (QED) is 0.806. The van der Waals surface area contributed by atoms with Gasteiger partial charge in [-0.1, -0.05) is 30.3 Å². The van der Waals surface area contributed by atoms with Crippen LogP contribution in [0.4, 0.5) is 5.69 Å². The van der Waals surface area contributed by atoms with Gasteiger partial charge in [0.15, 0.2) is 0 Å². The summed E-state index contributed by atoms with van der Waals surface area (Å²) in [5.41, 5.74) is 5.71. The first-order valence-corrected chi connectivity index (χ1v) is 10.0. The molecule has 2 aliphatic heterocycles. The van der Waals surface area contributed by atoms with E-state index in [9.17, 15) is 9.59 Å². The Morgan fingerprint density at radius 3 is 2.71 bits per heavy atom. The van der Waals surface area contributed by atoms with Crippen LogP contribution in [0.3, 0.4) is 0 Å².